The molecule has 4 rings (SSSR count). The van der Waals surface area contributed by atoms with Crippen molar-refractivity contribution in [2.45, 2.75) is 44.3 Å². The number of carboxylic acid groups (broad SMARTS) is 1. The van der Waals surface area contributed by atoms with Crippen LogP contribution in [0.4, 0.5) is 0 Å². The Labute approximate surface area is 229 Å². The minimum absolute atomic E-state index is 0. The van der Waals surface area contributed by atoms with Gasteiger partial charge >= 0.3 is 5.97 Å². The summed E-state index contributed by atoms with van der Waals surface area (Å²) in [4.78, 5) is 11.7. The number of rotatable bonds is 11. The highest BCUT2D eigenvalue weighted by atomic mass is 35.5. The molecule has 0 saturated heterocycles. The molecule has 1 aliphatic carbocycles. The number of ether oxygens (including phenoxy) is 2. The van der Waals surface area contributed by atoms with Gasteiger partial charge in [-0.3, -0.25) is 0 Å². The average molecular weight is 546 g/mol. The molecular weight excluding hydrogens is 513 g/mol. The monoisotopic (exact) mass is 545 g/mol. The maximum atomic E-state index is 11.7. The maximum absolute atomic E-state index is 11.7. The standard InChI is InChI=1S/C29H32ClNO5.ClH/c30-23-6-4-5-22(17-23)27(32)19-31-15-16-35-24-12-9-20(10-13-24)21-11-14-26(29(33)34)28(18-21)36-25-7-2-1-3-8-25;/h4-6,9-14,17-18,25,27,31-32H,1-3,7-8,15-16,19H2,(H,33,34);1H/t27-;/m0./s1. The summed E-state index contributed by atoms with van der Waals surface area (Å²) in [7, 11) is 0. The van der Waals surface area contributed by atoms with Crippen LogP contribution in [-0.2, 0) is 0 Å². The number of aliphatic hydroxyl groups excluding tert-OH is 1. The summed E-state index contributed by atoms with van der Waals surface area (Å²) in [6, 6.07) is 20.1. The summed E-state index contributed by atoms with van der Waals surface area (Å²) < 4.78 is 11.9. The van der Waals surface area contributed by atoms with Crippen molar-refractivity contribution in [3.05, 3.63) is 82.9 Å². The van der Waals surface area contributed by atoms with Crippen molar-refractivity contribution in [3.8, 4) is 22.6 Å². The van der Waals surface area contributed by atoms with Gasteiger partial charge in [-0.2, -0.15) is 0 Å². The Kier molecular flexibility index (Phi) is 11.1. The van der Waals surface area contributed by atoms with E-state index in [0.29, 0.717) is 30.5 Å². The fourth-order valence-electron chi connectivity index (χ4n) is 4.39. The summed E-state index contributed by atoms with van der Waals surface area (Å²) in [6.07, 6.45) is 4.80. The van der Waals surface area contributed by atoms with Crippen LogP contribution in [0.2, 0.25) is 5.02 Å². The predicted octanol–water partition coefficient (Wildman–Crippen LogP) is 6.54. The lowest BCUT2D eigenvalue weighted by Crippen LogP contribution is -2.26. The maximum Gasteiger partial charge on any atom is 0.339 e. The van der Waals surface area contributed by atoms with E-state index in [1.165, 1.54) is 6.42 Å². The molecule has 1 fully saturated rings. The van der Waals surface area contributed by atoms with E-state index in [1.807, 2.05) is 48.5 Å². The molecule has 6 nitrogen and oxygen atoms in total. The third-order valence-electron chi connectivity index (χ3n) is 6.36. The molecule has 0 amide bonds. The zero-order valence-electron chi connectivity index (χ0n) is 20.6. The topological polar surface area (TPSA) is 88.0 Å². The summed E-state index contributed by atoms with van der Waals surface area (Å²) in [5.74, 6) is 0.180. The Morgan fingerprint density at radius 3 is 2.43 bits per heavy atom. The van der Waals surface area contributed by atoms with Crippen LogP contribution in [0, 0.1) is 0 Å². The van der Waals surface area contributed by atoms with Gasteiger partial charge in [-0.15, -0.1) is 12.4 Å². The van der Waals surface area contributed by atoms with Gasteiger partial charge < -0.3 is 25.0 Å². The second-order valence-electron chi connectivity index (χ2n) is 9.04. The average Bonchev–Trinajstić information content (AvgIpc) is 2.89. The second kappa shape index (κ2) is 14.2. The molecular formula is C29H33Cl2NO5. The number of aromatic carboxylic acids is 1. The molecule has 3 aromatic rings. The molecule has 1 atom stereocenters. The smallest absolute Gasteiger partial charge is 0.339 e. The molecule has 198 valence electrons. The highest BCUT2D eigenvalue weighted by Gasteiger charge is 2.19. The lowest BCUT2D eigenvalue weighted by atomic mass is 9.97. The third-order valence-corrected chi connectivity index (χ3v) is 6.60. The van der Waals surface area contributed by atoms with Crippen molar-refractivity contribution in [2.75, 3.05) is 19.7 Å². The molecule has 8 heteroatoms. The summed E-state index contributed by atoms with van der Waals surface area (Å²) >= 11 is 5.98. The summed E-state index contributed by atoms with van der Waals surface area (Å²) in [6.45, 7) is 1.44. The first-order valence-electron chi connectivity index (χ1n) is 12.4. The van der Waals surface area contributed by atoms with Gasteiger partial charge in [-0.05, 0) is 78.8 Å². The van der Waals surface area contributed by atoms with Crippen molar-refractivity contribution < 1.29 is 24.5 Å². The molecule has 0 unspecified atom stereocenters. The van der Waals surface area contributed by atoms with Gasteiger partial charge in [0, 0.05) is 18.1 Å². The van der Waals surface area contributed by atoms with Crippen LogP contribution in [-0.4, -0.2) is 42.0 Å². The Hall–Kier alpha value is -2.77. The molecule has 1 saturated carbocycles. The molecule has 37 heavy (non-hydrogen) atoms. The summed E-state index contributed by atoms with van der Waals surface area (Å²) in [5, 5.41) is 23.6. The molecule has 1 aliphatic rings. The van der Waals surface area contributed by atoms with Crippen LogP contribution < -0.4 is 14.8 Å². The summed E-state index contributed by atoms with van der Waals surface area (Å²) in [5.41, 5.74) is 2.82. The molecule has 3 N–H and O–H groups in total. The fraction of sp³-hybridized carbons (Fsp3) is 0.345. The largest absolute Gasteiger partial charge is 0.492 e. The number of aliphatic hydroxyl groups is 1. The number of nitrogens with one attached hydrogen (secondary N) is 1. The number of carboxylic acids is 1. The Bertz CT molecular complexity index is 1150. The minimum atomic E-state index is -0.982. The SMILES string of the molecule is Cl.O=C(O)c1ccc(-c2ccc(OCCNC[C@H](O)c3cccc(Cl)c3)cc2)cc1OC1CCCCC1. The highest BCUT2D eigenvalue weighted by Crippen LogP contribution is 2.31. The lowest BCUT2D eigenvalue weighted by Gasteiger charge is -2.24. The molecule has 0 heterocycles. The minimum Gasteiger partial charge on any atom is -0.492 e. The first kappa shape index (κ1) is 28.8. The van der Waals surface area contributed by atoms with E-state index in [2.05, 4.69) is 5.32 Å². The van der Waals surface area contributed by atoms with Crippen molar-refractivity contribution in [1.82, 2.24) is 5.32 Å². The van der Waals surface area contributed by atoms with Crippen molar-refractivity contribution in [1.29, 1.82) is 0 Å². The van der Waals surface area contributed by atoms with Crippen LogP contribution in [0.1, 0.15) is 54.1 Å². The van der Waals surface area contributed by atoms with Crippen molar-refractivity contribution in [2.24, 2.45) is 0 Å². The first-order chi connectivity index (χ1) is 17.5. The zero-order valence-corrected chi connectivity index (χ0v) is 22.1. The van der Waals surface area contributed by atoms with Gasteiger partial charge in [-0.25, -0.2) is 4.79 Å². The van der Waals surface area contributed by atoms with E-state index in [-0.39, 0.29) is 24.1 Å². The van der Waals surface area contributed by atoms with Gasteiger partial charge in [0.2, 0.25) is 0 Å². The fourth-order valence-corrected chi connectivity index (χ4v) is 4.59. The van der Waals surface area contributed by atoms with E-state index in [1.54, 1.807) is 18.2 Å². The Morgan fingerprint density at radius 1 is 1.00 bits per heavy atom. The van der Waals surface area contributed by atoms with Crippen LogP contribution in [0.3, 0.4) is 0 Å². The van der Waals surface area contributed by atoms with Crippen LogP contribution in [0.15, 0.2) is 66.7 Å². The Morgan fingerprint density at radius 2 is 1.73 bits per heavy atom. The predicted molar refractivity (Wildman–Crippen MR) is 148 cm³/mol. The van der Waals surface area contributed by atoms with E-state index in [4.69, 9.17) is 21.1 Å². The van der Waals surface area contributed by atoms with Crippen LogP contribution in [0.25, 0.3) is 11.1 Å². The molecule has 0 radical (unpaired) electrons. The van der Waals surface area contributed by atoms with Gasteiger partial charge in [0.05, 0.1) is 12.2 Å². The molecule has 3 aromatic carbocycles. The van der Waals surface area contributed by atoms with Crippen molar-refractivity contribution in [3.63, 3.8) is 0 Å². The van der Waals surface area contributed by atoms with E-state index in [9.17, 15) is 15.0 Å². The number of carbonyl (C=O) groups is 1. The normalized spacial score (nSPS) is 14.4. The number of hydrogen-bond acceptors (Lipinski definition) is 5. The van der Waals surface area contributed by atoms with Gasteiger partial charge in [0.1, 0.15) is 23.7 Å². The zero-order chi connectivity index (χ0) is 25.3. The first-order valence-corrected chi connectivity index (χ1v) is 12.8. The third kappa shape index (κ3) is 8.37. The van der Waals surface area contributed by atoms with Gasteiger partial charge in [0.15, 0.2) is 0 Å². The number of benzene rings is 3. The lowest BCUT2D eigenvalue weighted by molar-refractivity contribution is 0.0686. The van der Waals surface area contributed by atoms with E-state index in [0.717, 1.165) is 48.1 Å². The molecule has 0 aliphatic heterocycles. The number of halogens is 2. The van der Waals surface area contributed by atoms with Crippen LogP contribution in [0.5, 0.6) is 11.5 Å². The quantitative estimate of drug-likeness (QED) is 0.237. The van der Waals surface area contributed by atoms with Gasteiger partial charge in [-0.1, -0.05) is 48.4 Å². The van der Waals surface area contributed by atoms with Crippen LogP contribution >= 0.6 is 24.0 Å². The molecule has 0 spiro atoms. The highest BCUT2D eigenvalue weighted by molar-refractivity contribution is 6.30. The number of hydrogen-bond donors (Lipinski definition) is 3. The van der Waals surface area contributed by atoms with E-state index < -0.39 is 12.1 Å². The molecule has 0 aromatic heterocycles. The molecule has 0 bridgehead atoms. The van der Waals surface area contributed by atoms with Crippen molar-refractivity contribution >= 4 is 30.0 Å². The van der Waals surface area contributed by atoms with E-state index >= 15 is 0 Å². The van der Waals surface area contributed by atoms with Gasteiger partial charge in [0.25, 0.3) is 0 Å². The second-order valence-corrected chi connectivity index (χ2v) is 9.48. The Balaban J connectivity index is 0.00000380.